The lowest BCUT2D eigenvalue weighted by Gasteiger charge is -2.14. The molecule has 1 aromatic carbocycles. The van der Waals surface area contributed by atoms with Crippen molar-refractivity contribution in [1.82, 2.24) is 5.32 Å². The maximum absolute atomic E-state index is 11.9. The number of aromatic carboxylic acids is 1. The van der Waals surface area contributed by atoms with E-state index in [1.165, 1.54) is 6.07 Å². The van der Waals surface area contributed by atoms with Crippen molar-refractivity contribution in [3.8, 4) is 5.75 Å². The zero-order valence-electron chi connectivity index (χ0n) is 12.3. The maximum Gasteiger partial charge on any atom is 0.338 e. The molecule has 1 heterocycles. The van der Waals surface area contributed by atoms with Crippen LogP contribution in [0.4, 0.5) is 0 Å². The fourth-order valence-electron chi connectivity index (χ4n) is 1.85. The molecule has 0 bridgehead atoms. The van der Waals surface area contributed by atoms with Gasteiger partial charge in [-0.15, -0.1) is 0 Å². The predicted octanol–water partition coefficient (Wildman–Crippen LogP) is 2.70. The van der Waals surface area contributed by atoms with Gasteiger partial charge in [0, 0.05) is 18.2 Å². The Balaban J connectivity index is 2.03. The highest BCUT2D eigenvalue weighted by atomic mass is 16.5. The molecule has 22 heavy (non-hydrogen) atoms. The Morgan fingerprint density at radius 3 is 2.68 bits per heavy atom. The first-order valence-corrected chi connectivity index (χ1v) is 6.82. The van der Waals surface area contributed by atoms with Gasteiger partial charge in [0.15, 0.2) is 5.76 Å². The van der Waals surface area contributed by atoms with Crippen LogP contribution in [0.5, 0.6) is 5.75 Å². The van der Waals surface area contributed by atoms with Crippen LogP contribution in [0, 0.1) is 0 Å². The molecule has 116 valence electrons. The molecule has 0 aliphatic carbocycles. The summed E-state index contributed by atoms with van der Waals surface area (Å²) in [5, 5.41) is 11.5. The van der Waals surface area contributed by atoms with Crippen LogP contribution < -0.4 is 10.1 Å². The van der Waals surface area contributed by atoms with E-state index in [1.54, 1.807) is 0 Å². The van der Waals surface area contributed by atoms with Gasteiger partial charge in [0.05, 0.1) is 11.7 Å². The van der Waals surface area contributed by atoms with Crippen LogP contribution in [0.15, 0.2) is 41.0 Å². The van der Waals surface area contributed by atoms with Crippen LogP contribution in [0.3, 0.4) is 0 Å². The molecule has 6 heteroatoms. The molecular weight excluding hydrogens is 286 g/mol. The van der Waals surface area contributed by atoms with Crippen molar-refractivity contribution in [1.29, 1.82) is 0 Å². The van der Waals surface area contributed by atoms with E-state index in [4.69, 9.17) is 14.3 Å². The molecule has 2 N–H and O–H groups in total. The lowest BCUT2D eigenvalue weighted by Crippen LogP contribution is -2.23. The number of nitrogens with one attached hydrogen (secondary N) is 1. The highest BCUT2D eigenvalue weighted by Crippen LogP contribution is 2.19. The van der Waals surface area contributed by atoms with E-state index in [0.29, 0.717) is 5.75 Å². The van der Waals surface area contributed by atoms with Gasteiger partial charge in [0.25, 0.3) is 5.91 Å². The number of carboxylic acid groups (broad SMARTS) is 1. The number of hydrogen-bond donors (Lipinski definition) is 2. The number of furan rings is 1. The second-order valence-corrected chi connectivity index (χ2v) is 4.96. The van der Waals surface area contributed by atoms with Crippen LogP contribution in [-0.2, 0) is 6.54 Å². The molecule has 0 aliphatic rings. The summed E-state index contributed by atoms with van der Waals surface area (Å²) in [5.74, 6) is -0.964. The summed E-state index contributed by atoms with van der Waals surface area (Å²) >= 11 is 0. The Morgan fingerprint density at radius 2 is 2.05 bits per heavy atom. The van der Waals surface area contributed by atoms with E-state index in [-0.39, 0.29) is 24.0 Å². The van der Waals surface area contributed by atoms with Gasteiger partial charge in [0.2, 0.25) is 0 Å². The predicted molar refractivity (Wildman–Crippen MR) is 79.0 cm³/mol. The van der Waals surface area contributed by atoms with Crippen LogP contribution in [0.2, 0.25) is 0 Å². The SMILES string of the molecule is CC(C)Oc1ccccc1CNC(=O)c1cc(C(=O)O)co1. The smallest absolute Gasteiger partial charge is 0.338 e. The first-order valence-electron chi connectivity index (χ1n) is 6.82. The Morgan fingerprint density at radius 1 is 1.32 bits per heavy atom. The second kappa shape index (κ2) is 6.80. The quantitative estimate of drug-likeness (QED) is 0.856. The summed E-state index contributed by atoms with van der Waals surface area (Å²) in [7, 11) is 0. The van der Waals surface area contributed by atoms with Crippen molar-refractivity contribution in [2.45, 2.75) is 26.5 Å². The van der Waals surface area contributed by atoms with Crippen LogP contribution in [-0.4, -0.2) is 23.1 Å². The van der Waals surface area contributed by atoms with Gasteiger partial charge in [-0.3, -0.25) is 4.79 Å². The Hall–Kier alpha value is -2.76. The third kappa shape index (κ3) is 3.88. The van der Waals surface area contributed by atoms with Crippen molar-refractivity contribution >= 4 is 11.9 Å². The molecule has 6 nitrogen and oxygen atoms in total. The minimum absolute atomic E-state index is 0.0278. The van der Waals surface area contributed by atoms with Gasteiger partial charge in [-0.2, -0.15) is 0 Å². The molecule has 2 aromatic rings. The molecular formula is C16H17NO5. The van der Waals surface area contributed by atoms with E-state index in [2.05, 4.69) is 5.32 Å². The number of hydrogen-bond acceptors (Lipinski definition) is 4. The monoisotopic (exact) mass is 303 g/mol. The largest absolute Gasteiger partial charge is 0.491 e. The summed E-state index contributed by atoms with van der Waals surface area (Å²) < 4.78 is 10.6. The van der Waals surface area contributed by atoms with Gasteiger partial charge >= 0.3 is 5.97 Å². The minimum atomic E-state index is -1.14. The summed E-state index contributed by atoms with van der Waals surface area (Å²) in [6.45, 7) is 4.10. The number of benzene rings is 1. The van der Waals surface area contributed by atoms with E-state index in [0.717, 1.165) is 11.8 Å². The molecule has 0 unspecified atom stereocenters. The Kier molecular flexibility index (Phi) is 4.83. The summed E-state index contributed by atoms with van der Waals surface area (Å²) in [6.07, 6.45) is 1.06. The lowest BCUT2D eigenvalue weighted by molar-refractivity contribution is 0.0695. The standard InChI is InChI=1S/C16H17NO5/c1-10(2)22-13-6-4-3-5-11(13)8-17-15(18)14-7-12(9-21-14)16(19)20/h3-7,9-10H,8H2,1-2H3,(H,17,18)(H,19,20). The molecule has 0 spiro atoms. The third-order valence-corrected chi connectivity index (χ3v) is 2.84. The Labute approximate surface area is 127 Å². The minimum Gasteiger partial charge on any atom is -0.491 e. The number of carbonyl (C=O) groups excluding carboxylic acids is 1. The first kappa shape index (κ1) is 15.6. The number of rotatable bonds is 6. The number of amides is 1. The fourth-order valence-corrected chi connectivity index (χ4v) is 1.85. The number of para-hydroxylation sites is 1. The van der Waals surface area contributed by atoms with E-state index in [9.17, 15) is 9.59 Å². The molecule has 0 radical (unpaired) electrons. The van der Waals surface area contributed by atoms with Gasteiger partial charge < -0.3 is 19.6 Å². The topological polar surface area (TPSA) is 88.8 Å². The molecule has 1 aromatic heterocycles. The summed E-state index contributed by atoms with van der Waals surface area (Å²) in [4.78, 5) is 22.7. The van der Waals surface area contributed by atoms with Gasteiger partial charge in [0.1, 0.15) is 12.0 Å². The lowest BCUT2D eigenvalue weighted by atomic mass is 10.2. The van der Waals surface area contributed by atoms with E-state index >= 15 is 0 Å². The zero-order chi connectivity index (χ0) is 16.1. The van der Waals surface area contributed by atoms with Gasteiger partial charge in [-0.05, 0) is 19.9 Å². The van der Waals surface area contributed by atoms with Crippen molar-refractivity contribution in [2.24, 2.45) is 0 Å². The molecule has 0 saturated heterocycles. The molecule has 1 amide bonds. The highest BCUT2D eigenvalue weighted by molar-refractivity contribution is 5.95. The van der Waals surface area contributed by atoms with Crippen molar-refractivity contribution in [2.75, 3.05) is 0 Å². The zero-order valence-corrected chi connectivity index (χ0v) is 12.3. The molecule has 0 aliphatic heterocycles. The number of carboxylic acids is 1. The van der Waals surface area contributed by atoms with E-state index < -0.39 is 11.9 Å². The number of carbonyl (C=O) groups is 2. The van der Waals surface area contributed by atoms with Gasteiger partial charge in [-0.25, -0.2) is 4.79 Å². The fraction of sp³-hybridized carbons (Fsp3) is 0.250. The Bertz CT molecular complexity index is 675. The van der Waals surface area contributed by atoms with Gasteiger partial charge in [-0.1, -0.05) is 18.2 Å². The average molecular weight is 303 g/mol. The first-order chi connectivity index (χ1) is 10.5. The van der Waals surface area contributed by atoms with Crippen LogP contribution >= 0.6 is 0 Å². The van der Waals surface area contributed by atoms with Crippen molar-refractivity contribution in [3.63, 3.8) is 0 Å². The molecule has 0 fully saturated rings. The van der Waals surface area contributed by atoms with Crippen LogP contribution in [0.1, 0.15) is 40.3 Å². The van der Waals surface area contributed by atoms with Crippen molar-refractivity contribution in [3.05, 3.63) is 53.5 Å². The maximum atomic E-state index is 11.9. The summed E-state index contributed by atoms with van der Waals surface area (Å²) in [5.41, 5.74) is 0.767. The third-order valence-electron chi connectivity index (χ3n) is 2.84. The normalized spacial score (nSPS) is 10.5. The molecule has 0 saturated carbocycles. The van der Waals surface area contributed by atoms with Crippen molar-refractivity contribution < 1.29 is 23.8 Å². The van der Waals surface area contributed by atoms with Crippen LogP contribution in [0.25, 0.3) is 0 Å². The highest BCUT2D eigenvalue weighted by Gasteiger charge is 2.15. The average Bonchev–Trinajstić information content (AvgIpc) is 2.95. The molecule has 0 atom stereocenters. The second-order valence-electron chi connectivity index (χ2n) is 4.96. The number of ether oxygens (including phenoxy) is 1. The molecule has 2 rings (SSSR count). The van der Waals surface area contributed by atoms with E-state index in [1.807, 2.05) is 38.1 Å². The summed E-state index contributed by atoms with van der Waals surface area (Å²) in [6, 6.07) is 8.58.